The molecule has 0 aliphatic carbocycles. The number of halogens is 1. The Bertz CT molecular complexity index is 1420. The lowest BCUT2D eigenvalue weighted by atomic mass is 10.2. The number of rotatable bonds is 8. The van der Waals surface area contributed by atoms with Crippen molar-refractivity contribution in [3.63, 3.8) is 0 Å². The number of piperazine rings is 1. The second kappa shape index (κ2) is 12.2. The summed E-state index contributed by atoms with van der Waals surface area (Å²) in [6.45, 7) is 10.3. The highest BCUT2D eigenvalue weighted by molar-refractivity contribution is 6.30. The van der Waals surface area contributed by atoms with Gasteiger partial charge in [0.2, 0.25) is 5.89 Å². The van der Waals surface area contributed by atoms with Crippen LogP contribution in [0.2, 0.25) is 5.02 Å². The van der Waals surface area contributed by atoms with Crippen molar-refractivity contribution in [2.24, 2.45) is 0 Å². The number of oxazole rings is 1. The van der Waals surface area contributed by atoms with E-state index in [-0.39, 0.29) is 6.09 Å². The highest BCUT2D eigenvalue weighted by atomic mass is 35.5. The minimum atomic E-state index is -0.468. The van der Waals surface area contributed by atoms with Crippen LogP contribution in [0.25, 0.3) is 22.6 Å². The van der Waals surface area contributed by atoms with Crippen molar-refractivity contribution in [3.8, 4) is 28.7 Å². The summed E-state index contributed by atoms with van der Waals surface area (Å²) in [6, 6.07) is 20.5. The minimum Gasteiger partial charge on any atom is -0.494 e. The third-order valence-electron chi connectivity index (χ3n) is 6.42. The summed E-state index contributed by atoms with van der Waals surface area (Å²) >= 11 is 5.95. The molecule has 210 valence electrons. The molecule has 4 aromatic rings. The van der Waals surface area contributed by atoms with Gasteiger partial charge in [-0.05, 0) is 87.9 Å². The Balaban J connectivity index is 1.07. The second-order valence-electron chi connectivity index (χ2n) is 10.7. The molecular formula is C31H34ClN3O5. The molecule has 1 aliphatic heterocycles. The van der Waals surface area contributed by atoms with Gasteiger partial charge in [0.1, 0.15) is 28.4 Å². The zero-order valence-corrected chi connectivity index (χ0v) is 23.8. The van der Waals surface area contributed by atoms with E-state index in [1.54, 1.807) is 17.0 Å². The normalized spacial score (nSPS) is 14.3. The van der Waals surface area contributed by atoms with E-state index in [0.717, 1.165) is 37.4 Å². The van der Waals surface area contributed by atoms with Crippen LogP contribution in [0.4, 0.5) is 4.79 Å². The Hall–Kier alpha value is -3.75. The van der Waals surface area contributed by atoms with Crippen molar-refractivity contribution in [3.05, 3.63) is 71.8 Å². The molecule has 0 saturated carbocycles. The van der Waals surface area contributed by atoms with Crippen LogP contribution in [0.1, 0.15) is 27.2 Å². The van der Waals surface area contributed by atoms with Crippen molar-refractivity contribution in [2.75, 3.05) is 39.3 Å². The van der Waals surface area contributed by atoms with Crippen LogP contribution < -0.4 is 9.47 Å². The fourth-order valence-corrected chi connectivity index (χ4v) is 4.51. The highest BCUT2D eigenvalue weighted by Gasteiger charge is 2.25. The molecule has 0 spiro atoms. The number of ether oxygens (including phenoxy) is 3. The first-order valence-corrected chi connectivity index (χ1v) is 13.9. The Morgan fingerprint density at radius 3 is 2.30 bits per heavy atom. The van der Waals surface area contributed by atoms with Gasteiger partial charge >= 0.3 is 6.09 Å². The standard InChI is InChI=1S/C31H34ClN3O5/c1-31(2,3)40-30(36)35-18-16-34(17-19-35)15-4-20-37-24-9-5-22(6-10-24)29-33-27-21-26(13-14-28(27)39-29)38-25-11-7-23(32)8-12-25/h5-14,21H,4,15-20H2,1-3H3. The molecule has 1 fully saturated rings. The molecule has 3 aromatic carbocycles. The van der Waals surface area contributed by atoms with E-state index in [1.807, 2.05) is 75.4 Å². The van der Waals surface area contributed by atoms with Gasteiger partial charge in [-0.25, -0.2) is 9.78 Å². The van der Waals surface area contributed by atoms with E-state index in [4.69, 9.17) is 30.2 Å². The SMILES string of the molecule is CC(C)(C)OC(=O)N1CCN(CCCOc2ccc(-c3nc4cc(Oc5ccc(Cl)cc5)ccc4o3)cc2)CC1. The third-order valence-corrected chi connectivity index (χ3v) is 6.67. The molecule has 0 radical (unpaired) electrons. The molecule has 9 heteroatoms. The Kier molecular flexibility index (Phi) is 8.47. The molecule has 0 atom stereocenters. The average Bonchev–Trinajstić information content (AvgIpc) is 3.36. The van der Waals surface area contributed by atoms with Crippen LogP contribution in [-0.2, 0) is 4.74 Å². The lowest BCUT2D eigenvalue weighted by Gasteiger charge is -2.35. The monoisotopic (exact) mass is 563 g/mol. The number of carbonyl (C=O) groups excluding carboxylic acids is 1. The summed E-state index contributed by atoms with van der Waals surface area (Å²) in [6.07, 6.45) is 0.671. The molecule has 1 aliphatic rings. The zero-order valence-electron chi connectivity index (χ0n) is 23.1. The molecule has 8 nitrogen and oxygen atoms in total. The van der Waals surface area contributed by atoms with Crippen molar-refractivity contribution >= 4 is 28.8 Å². The van der Waals surface area contributed by atoms with E-state index in [0.29, 0.717) is 53.2 Å². The van der Waals surface area contributed by atoms with Gasteiger partial charge < -0.3 is 23.5 Å². The number of carbonyl (C=O) groups is 1. The first kappa shape index (κ1) is 27.8. The minimum absolute atomic E-state index is 0.232. The first-order valence-electron chi connectivity index (χ1n) is 13.5. The van der Waals surface area contributed by atoms with E-state index >= 15 is 0 Å². The molecule has 1 saturated heterocycles. The Morgan fingerprint density at radius 1 is 0.925 bits per heavy atom. The van der Waals surface area contributed by atoms with Crippen LogP contribution in [0.15, 0.2) is 71.1 Å². The van der Waals surface area contributed by atoms with Crippen LogP contribution in [0.3, 0.4) is 0 Å². The fraction of sp³-hybridized carbons (Fsp3) is 0.355. The van der Waals surface area contributed by atoms with Crippen LogP contribution in [0, 0.1) is 0 Å². The maximum absolute atomic E-state index is 12.2. The molecule has 2 heterocycles. The van der Waals surface area contributed by atoms with Crippen molar-refractivity contribution in [1.82, 2.24) is 14.8 Å². The van der Waals surface area contributed by atoms with Crippen molar-refractivity contribution < 1.29 is 23.4 Å². The van der Waals surface area contributed by atoms with Gasteiger partial charge in [0.05, 0.1) is 6.61 Å². The topological polar surface area (TPSA) is 77.3 Å². The lowest BCUT2D eigenvalue weighted by molar-refractivity contribution is 0.0142. The smallest absolute Gasteiger partial charge is 0.410 e. The summed E-state index contributed by atoms with van der Waals surface area (Å²) in [7, 11) is 0. The summed E-state index contributed by atoms with van der Waals surface area (Å²) in [5, 5.41) is 0.660. The Labute approximate surface area is 239 Å². The predicted molar refractivity (Wildman–Crippen MR) is 155 cm³/mol. The summed E-state index contributed by atoms with van der Waals surface area (Å²) in [5.74, 6) is 2.70. The van der Waals surface area contributed by atoms with Gasteiger partial charge in [-0.1, -0.05) is 11.6 Å². The average molecular weight is 564 g/mol. The van der Waals surface area contributed by atoms with Crippen LogP contribution >= 0.6 is 11.6 Å². The van der Waals surface area contributed by atoms with Gasteiger partial charge in [0.25, 0.3) is 0 Å². The number of amides is 1. The molecule has 40 heavy (non-hydrogen) atoms. The van der Waals surface area contributed by atoms with Crippen LogP contribution in [0.5, 0.6) is 17.2 Å². The zero-order chi connectivity index (χ0) is 28.1. The molecule has 0 N–H and O–H groups in total. The summed E-state index contributed by atoms with van der Waals surface area (Å²) in [4.78, 5) is 21.0. The van der Waals surface area contributed by atoms with Gasteiger partial charge in [-0.15, -0.1) is 0 Å². The predicted octanol–water partition coefficient (Wildman–Crippen LogP) is 7.26. The number of aromatic nitrogens is 1. The maximum atomic E-state index is 12.2. The quantitative estimate of drug-likeness (QED) is 0.209. The fourth-order valence-electron chi connectivity index (χ4n) is 4.39. The second-order valence-corrected chi connectivity index (χ2v) is 11.2. The van der Waals surface area contributed by atoms with E-state index < -0.39 is 5.60 Å². The van der Waals surface area contributed by atoms with Gasteiger partial charge in [0, 0.05) is 49.4 Å². The largest absolute Gasteiger partial charge is 0.494 e. The molecule has 1 aromatic heterocycles. The van der Waals surface area contributed by atoms with Gasteiger partial charge in [0.15, 0.2) is 5.58 Å². The van der Waals surface area contributed by atoms with E-state index in [2.05, 4.69) is 9.88 Å². The number of fused-ring (bicyclic) bond motifs is 1. The first-order chi connectivity index (χ1) is 19.2. The molecule has 0 unspecified atom stereocenters. The van der Waals surface area contributed by atoms with Crippen molar-refractivity contribution in [1.29, 1.82) is 0 Å². The summed E-state index contributed by atoms with van der Waals surface area (Å²) in [5.41, 5.74) is 1.80. The maximum Gasteiger partial charge on any atom is 0.410 e. The third kappa shape index (κ3) is 7.46. The molecule has 5 rings (SSSR count). The number of hydrogen-bond acceptors (Lipinski definition) is 7. The highest BCUT2D eigenvalue weighted by Crippen LogP contribution is 2.30. The molecule has 0 bridgehead atoms. The number of nitrogens with zero attached hydrogens (tertiary/aromatic N) is 3. The van der Waals surface area contributed by atoms with E-state index in [1.165, 1.54) is 0 Å². The van der Waals surface area contributed by atoms with Crippen LogP contribution in [-0.4, -0.2) is 65.8 Å². The van der Waals surface area contributed by atoms with Gasteiger partial charge in [-0.2, -0.15) is 0 Å². The molecular weight excluding hydrogens is 530 g/mol. The van der Waals surface area contributed by atoms with Crippen molar-refractivity contribution in [2.45, 2.75) is 32.8 Å². The Morgan fingerprint density at radius 2 is 1.60 bits per heavy atom. The molecule has 1 amide bonds. The van der Waals surface area contributed by atoms with Gasteiger partial charge in [-0.3, -0.25) is 4.90 Å². The van der Waals surface area contributed by atoms with E-state index in [9.17, 15) is 4.79 Å². The summed E-state index contributed by atoms with van der Waals surface area (Å²) < 4.78 is 23.3. The number of benzene rings is 3. The number of hydrogen-bond donors (Lipinski definition) is 0. The lowest BCUT2D eigenvalue weighted by Crippen LogP contribution is -2.50.